The van der Waals surface area contributed by atoms with Gasteiger partial charge in [0, 0.05) is 25.6 Å². The van der Waals surface area contributed by atoms with Gasteiger partial charge in [-0.15, -0.1) is 0 Å². The van der Waals surface area contributed by atoms with Gasteiger partial charge in [0.25, 0.3) is 15.9 Å². The Balaban J connectivity index is 1.37. The molecule has 0 bridgehead atoms. The molecular formula is C29H34Cl2FN3O5S. The van der Waals surface area contributed by atoms with Crippen molar-refractivity contribution in [3.63, 3.8) is 0 Å². The van der Waals surface area contributed by atoms with Crippen LogP contribution < -0.4 is 4.72 Å². The van der Waals surface area contributed by atoms with Crippen molar-refractivity contribution in [2.75, 3.05) is 24.4 Å². The highest BCUT2D eigenvalue weighted by Crippen LogP contribution is 2.56. The Bertz CT molecular complexity index is 1480. The zero-order valence-corrected chi connectivity index (χ0v) is 25.6. The number of hydrogen-bond donors (Lipinski definition) is 1. The standard InChI is InChI=1S/C29H34Cl2FN3O5S/c1-28(2,3)40-27(37)35-14-11-18-10-12-29(18,35)19-5-4-13-34(17-19)26(36)22-16-21(7-8-23(22)30)41(38,39)33-25-9-6-20(32)15-24(25)31/h6-9,15-16,18-19,33H,4-5,10-14,17H2,1-3H3. The molecule has 2 amide bonds. The third kappa shape index (κ3) is 5.75. The third-order valence-corrected chi connectivity index (χ3v) is 10.5. The molecule has 2 aromatic carbocycles. The highest BCUT2D eigenvalue weighted by Gasteiger charge is 2.61. The Morgan fingerprint density at radius 2 is 1.78 bits per heavy atom. The van der Waals surface area contributed by atoms with Gasteiger partial charge in [-0.1, -0.05) is 23.2 Å². The predicted octanol–water partition coefficient (Wildman–Crippen LogP) is 6.58. The number of amides is 2. The van der Waals surface area contributed by atoms with Gasteiger partial charge in [0.05, 0.1) is 31.7 Å². The molecule has 5 rings (SSSR count). The molecule has 1 aliphatic carbocycles. The number of piperidine rings is 1. The second kappa shape index (κ2) is 10.9. The maximum absolute atomic E-state index is 13.8. The van der Waals surface area contributed by atoms with E-state index in [1.54, 1.807) is 4.90 Å². The summed E-state index contributed by atoms with van der Waals surface area (Å²) in [5.41, 5.74) is -0.865. The first-order valence-corrected chi connectivity index (χ1v) is 16.0. The number of benzene rings is 2. The van der Waals surface area contributed by atoms with Crippen LogP contribution in [0.1, 0.15) is 63.2 Å². The van der Waals surface area contributed by atoms with Gasteiger partial charge in [-0.05, 0) is 95.2 Å². The molecule has 222 valence electrons. The molecule has 2 saturated heterocycles. The maximum Gasteiger partial charge on any atom is 0.410 e. The summed E-state index contributed by atoms with van der Waals surface area (Å²) in [7, 11) is -4.16. The fourth-order valence-electron chi connectivity index (χ4n) is 6.57. The van der Waals surface area contributed by atoms with E-state index in [4.69, 9.17) is 27.9 Å². The van der Waals surface area contributed by atoms with Crippen LogP contribution in [0.2, 0.25) is 10.0 Å². The summed E-state index contributed by atoms with van der Waals surface area (Å²) in [5, 5.41) is 0.0334. The van der Waals surface area contributed by atoms with E-state index in [0.717, 1.165) is 44.2 Å². The number of halogens is 3. The molecule has 1 saturated carbocycles. The van der Waals surface area contributed by atoms with E-state index in [0.29, 0.717) is 25.6 Å². The maximum atomic E-state index is 13.8. The van der Waals surface area contributed by atoms with Gasteiger partial charge in [-0.25, -0.2) is 17.6 Å². The zero-order chi connectivity index (χ0) is 29.7. The molecule has 0 radical (unpaired) electrons. The SMILES string of the molecule is CC(C)(C)OC(=O)N1CCC2CCC21C1CCCN(C(=O)c2cc(S(=O)(=O)Nc3ccc(F)cc3Cl)ccc2Cl)C1. The molecule has 3 atom stereocenters. The van der Waals surface area contributed by atoms with Crippen LogP contribution in [-0.2, 0) is 14.8 Å². The predicted molar refractivity (Wildman–Crippen MR) is 155 cm³/mol. The topological polar surface area (TPSA) is 96.0 Å². The van der Waals surface area contributed by atoms with Crippen LogP contribution in [0, 0.1) is 17.7 Å². The van der Waals surface area contributed by atoms with Crippen molar-refractivity contribution in [3.8, 4) is 0 Å². The minimum Gasteiger partial charge on any atom is -0.444 e. The summed E-state index contributed by atoms with van der Waals surface area (Å²) >= 11 is 12.4. The van der Waals surface area contributed by atoms with E-state index in [1.807, 2.05) is 25.7 Å². The number of nitrogens with one attached hydrogen (secondary N) is 1. The Labute approximate surface area is 250 Å². The van der Waals surface area contributed by atoms with Gasteiger partial charge < -0.3 is 14.5 Å². The van der Waals surface area contributed by atoms with E-state index in [2.05, 4.69) is 4.72 Å². The molecule has 3 aliphatic rings. The molecule has 3 unspecified atom stereocenters. The van der Waals surface area contributed by atoms with Gasteiger partial charge in [0.1, 0.15) is 11.4 Å². The number of sulfonamides is 1. The monoisotopic (exact) mass is 625 g/mol. The van der Waals surface area contributed by atoms with E-state index < -0.39 is 21.4 Å². The van der Waals surface area contributed by atoms with Gasteiger partial charge >= 0.3 is 6.09 Å². The lowest BCUT2D eigenvalue weighted by molar-refractivity contribution is -0.0649. The normalized spacial score (nSPS) is 24.4. The average Bonchev–Trinajstić information content (AvgIpc) is 3.14. The molecule has 2 heterocycles. The van der Waals surface area contributed by atoms with Crippen molar-refractivity contribution in [1.29, 1.82) is 0 Å². The average molecular weight is 627 g/mol. The molecule has 0 spiro atoms. The molecule has 1 N–H and O–H groups in total. The van der Waals surface area contributed by atoms with Gasteiger partial charge in [0.2, 0.25) is 0 Å². The number of rotatable bonds is 5. The number of carbonyl (C=O) groups excluding carboxylic acids is 2. The molecule has 8 nitrogen and oxygen atoms in total. The largest absolute Gasteiger partial charge is 0.444 e. The minimum atomic E-state index is -4.16. The minimum absolute atomic E-state index is 0.00943. The number of hydrogen-bond acceptors (Lipinski definition) is 5. The Kier molecular flexibility index (Phi) is 7.98. The van der Waals surface area contributed by atoms with E-state index in [1.165, 1.54) is 24.3 Å². The number of carbonyl (C=O) groups is 2. The van der Waals surface area contributed by atoms with Gasteiger partial charge in [0.15, 0.2) is 0 Å². The summed E-state index contributed by atoms with van der Waals surface area (Å²) in [6.45, 7) is 7.14. The number of likely N-dealkylation sites (tertiary alicyclic amines) is 2. The number of anilines is 1. The second-order valence-electron chi connectivity index (χ2n) is 12.1. The first-order chi connectivity index (χ1) is 19.2. The van der Waals surface area contributed by atoms with Crippen LogP contribution in [0.5, 0.6) is 0 Å². The van der Waals surface area contributed by atoms with Crippen LogP contribution in [0.3, 0.4) is 0 Å². The van der Waals surface area contributed by atoms with E-state index in [9.17, 15) is 22.4 Å². The summed E-state index contributed by atoms with van der Waals surface area (Å²) in [6, 6.07) is 7.24. The Morgan fingerprint density at radius 3 is 2.44 bits per heavy atom. The van der Waals surface area contributed by atoms with Crippen LogP contribution in [0.25, 0.3) is 0 Å². The van der Waals surface area contributed by atoms with Crippen LogP contribution in [0.4, 0.5) is 14.9 Å². The number of nitrogens with zero attached hydrogens (tertiary/aromatic N) is 2. The first-order valence-electron chi connectivity index (χ1n) is 13.8. The van der Waals surface area contributed by atoms with Crippen molar-refractivity contribution in [3.05, 3.63) is 57.8 Å². The molecule has 2 aliphatic heterocycles. The summed E-state index contributed by atoms with van der Waals surface area (Å²) in [5.74, 6) is -0.527. The van der Waals surface area contributed by atoms with Crippen LogP contribution >= 0.6 is 23.2 Å². The molecule has 12 heteroatoms. The lowest BCUT2D eigenvalue weighted by Crippen LogP contribution is -2.64. The summed E-state index contributed by atoms with van der Waals surface area (Å²) in [6.07, 6.45) is 4.16. The van der Waals surface area contributed by atoms with Crippen LogP contribution in [0.15, 0.2) is 41.3 Å². The quantitative estimate of drug-likeness (QED) is 0.405. The zero-order valence-electron chi connectivity index (χ0n) is 23.3. The summed E-state index contributed by atoms with van der Waals surface area (Å²) < 4.78 is 47.8. The number of ether oxygens (including phenoxy) is 1. The fourth-order valence-corrected chi connectivity index (χ4v) is 8.15. The Morgan fingerprint density at radius 1 is 1.02 bits per heavy atom. The summed E-state index contributed by atoms with van der Waals surface area (Å²) in [4.78, 5) is 30.4. The van der Waals surface area contributed by atoms with Crippen molar-refractivity contribution in [2.45, 2.75) is 68.9 Å². The van der Waals surface area contributed by atoms with Crippen LogP contribution in [-0.4, -0.2) is 61.0 Å². The van der Waals surface area contributed by atoms with Gasteiger partial charge in [-0.2, -0.15) is 0 Å². The number of fused-ring (bicyclic) bond motifs is 1. The van der Waals surface area contributed by atoms with Crippen molar-refractivity contribution < 1.29 is 27.1 Å². The smallest absolute Gasteiger partial charge is 0.410 e. The molecule has 2 aromatic rings. The fraction of sp³-hybridized carbons (Fsp3) is 0.517. The second-order valence-corrected chi connectivity index (χ2v) is 14.6. The molecule has 41 heavy (non-hydrogen) atoms. The Hall–Kier alpha value is -2.56. The van der Waals surface area contributed by atoms with E-state index in [-0.39, 0.29) is 49.6 Å². The lowest BCUT2D eigenvalue weighted by Gasteiger charge is -2.56. The van der Waals surface area contributed by atoms with Crippen molar-refractivity contribution in [2.24, 2.45) is 11.8 Å². The van der Waals surface area contributed by atoms with Crippen molar-refractivity contribution >= 4 is 50.9 Å². The highest BCUT2D eigenvalue weighted by molar-refractivity contribution is 7.92. The third-order valence-electron chi connectivity index (χ3n) is 8.49. The van der Waals surface area contributed by atoms with Crippen molar-refractivity contribution in [1.82, 2.24) is 9.80 Å². The van der Waals surface area contributed by atoms with E-state index >= 15 is 0 Å². The first kappa shape index (κ1) is 29.9. The highest BCUT2D eigenvalue weighted by atomic mass is 35.5. The molecular weight excluding hydrogens is 592 g/mol. The molecule has 0 aromatic heterocycles. The molecule has 3 fully saturated rings. The van der Waals surface area contributed by atoms with Gasteiger partial charge in [-0.3, -0.25) is 9.52 Å². The lowest BCUT2D eigenvalue weighted by atomic mass is 9.59.